The van der Waals surface area contributed by atoms with Crippen LogP contribution in [0.15, 0.2) is 91.6 Å². The molecule has 0 bridgehead atoms. The normalized spacial score (nSPS) is 11.5. The van der Waals surface area contributed by atoms with Crippen LogP contribution in [0.2, 0.25) is 0 Å². The van der Waals surface area contributed by atoms with Crippen molar-refractivity contribution in [1.82, 2.24) is 14.2 Å². The third-order valence-electron chi connectivity index (χ3n) is 6.17. The quantitative estimate of drug-likeness (QED) is 0.191. The van der Waals surface area contributed by atoms with Gasteiger partial charge in [0.05, 0.1) is 17.1 Å². The van der Waals surface area contributed by atoms with Gasteiger partial charge in [-0.3, -0.25) is 4.79 Å². The molecule has 0 aliphatic carbocycles. The van der Waals surface area contributed by atoms with Gasteiger partial charge in [-0.1, -0.05) is 44.0 Å². The molecule has 0 radical (unpaired) electrons. The SMILES string of the molecule is Cc1cc(C=Nn2c(C)nc3ccc(Br)cc3c2=O)c(C)n1-c1ccc(OCc2ccc(Br)cc2)cc1. The van der Waals surface area contributed by atoms with E-state index in [1.54, 1.807) is 19.2 Å². The van der Waals surface area contributed by atoms with Crippen LogP contribution < -0.4 is 10.3 Å². The van der Waals surface area contributed by atoms with Crippen LogP contribution in [0.4, 0.5) is 0 Å². The van der Waals surface area contributed by atoms with Crippen molar-refractivity contribution in [3.05, 3.63) is 120 Å². The lowest BCUT2D eigenvalue weighted by molar-refractivity contribution is 0.306. The molecule has 0 fully saturated rings. The van der Waals surface area contributed by atoms with E-state index < -0.39 is 0 Å². The number of aryl methyl sites for hydroxylation is 2. The van der Waals surface area contributed by atoms with Crippen molar-refractivity contribution in [2.75, 3.05) is 0 Å². The molecule has 186 valence electrons. The molecule has 0 atom stereocenters. The van der Waals surface area contributed by atoms with E-state index in [-0.39, 0.29) is 5.56 Å². The summed E-state index contributed by atoms with van der Waals surface area (Å²) in [7, 11) is 0. The summed E-state index contributed by atoms with van der Waals surface area (Å²) in [5.74, 6) is 1.34. The van der Waals surface area contributed by atoms with Crippen LogP contribution in [0.5, 0.6) is 5.75 Å². The zero-order valence-corrected chi connectivity index (χ0v) is 23.7. The molecule has 2 aromatic heterocycles. The minimum absolute atomic E-state index is 0.201. The highest BCUT2D eigenvalue weighted by Gasteiger charge is 2.12. The minimum atomic E-state index is -0.201. The summed E-state index contributed by atoms with van der Waals surface area (Å²) in [5.41, 5.74) is 5.59. The highest BCUT2D eigenvalue weighted by atomic mass is 79.9. The molecule has 0 unspecified atom stereocenters. The molecule has 6 nitrogen and oxygen atoms in total. The fourth-order valence-electron chi connectivity index (χ4n) is 4.27. The van der Waals surface area contributed by atoms with Crippen LogP contribution in [0, 0.1) is 20.8 Å². The van der Waals surface area contributed by atoms with E-state index in [4.69, 9.17) is 4.74 Å². The van der Waals surface area contributed by atoms with Crippen molar-refractivity contribution in [3.63, 3.8) is 0 Å². The molecule has 3 aromatic carbocycles. The predicted molar refractivity (Wildman–Crippen MR) is 155 cm³/mol. The Hall–Kier alpha value is -3.49. The van der Waals surface area contributed by atoms with E-state index in [0.717, 1.165) is 42.9 Å². The van der Waals surface area contributed by atoms with Gasteiger partial charge in [-0.2, -0.15) is 9.78 Å². The number of hydrogen-bond donors (Lipinski definition) is 0. The molecule has 0 aliphatic heterocycles. The average molecular weight is 620 g/mol. The molecule has 8 heteroatoms. The number of fused-ring (bicyclic) bond motifs is 1. The van der Waals surface area contributed by atoms with Gasteiger partial charge in [0.15, 0.2) is 0 Å². The minimum Gasteiger partial charge on any atom is -0.489 e. The second-order valence-electron chi connectivity index (χ2n) is 8.75. The van der Waals surface area contributed by atoms with Crippen LogP contribution >= 0.6 is 31.9 Å². The Bertz CT molecular complexity index is 1690. The molecule has 0 aliphatic rings. The van der Waals surface area contributed by atoms with E-state index in [0.29, 0.717) is 23.3 Å². The number of ether oxygens (including phenoxy) is 1. The Morgan fingerprint density at radius 3 is 2.35 bits per heavy atom. The summed E-state index contributed by atoms with van der Waals surface area (Å²) in [6.45, 7) is 6.38. The Morgan fingerprint density at radius 1 is 0.919 bits per heavy atom. The van der Waals surface area contributed by atoms with Crippen LogP contribution in [0.25, 0.3) is 16.6 Å². The molecule has 5 aromatic rings. The molecule has 0 spiro atoms. The van der Waals surface area contributed by atoms with Crippen molar-refractivity contribution in [1.29, 1.82) is 0 Å². The van der Waals surface area contributed by atoms with Gasteiger partial charge < -0.3 is 9.30 Å². The maximum Gasteiger partial charge on any atom is 0.282 e. The van der Waals surface area contributed by atoms with E-state index in [9.17, 15) is 4.79 Å². The fourth-order valence-corrected chi connectivity index (χ4v) is 4.90. The molecule has 37 heavy (non-hydrogen) atoms. The van der Waals surface area contributed by atoms with E-state index in [1.165, 1.54) is 4.68 Å². The number of aromatic nitrogens is 3. The third-order valence-corrected chi connectivity index (χ3v) is 7.19. The van der Waals surface area contributed by atoms with Gasteiger partial charge in [-0.15, -0.1) is 0 Å². The van der Waals surface area contributed by atoms with Gasteiger partial charge in [0.25, 0.3) is 5.56 Å². The summed E-state index contributed by atoms with van der Waals surface area (Å²) >= 11 is 6.88. The highest BCUT2D eigenvalue weighted by molar-refractivity contribution is 9.10. The highest BCUT2D eigenvalue weighted by Crippen LogP contribution is 2.23. The number of nitrogens with zero attached hydrogens (tertiary/aromatic N) is 4. The van der Waals surface area contributed by atoms with Gasteiger partial charge in [-0.05, 0) is 87.0 Å². The summed E-state index contributed by atoms with van der Waals surface area (Å²) in [5, 5.41) is 5.02. The topological polar surface area (TPSA) is 61.4 Å². The molecule has 2 heterocycles. The Morgan fingerprint density at radius 2 is 1.62 bits per heavy atom. The number of hydrogen-bond acceptors (Lipinski definition) is 4. The van der Waals surface area contributed by atoms with E-state index >= 15 is 0 Å². The smallest absolute Gasteiger partial charge is 0.282 e. The molecule has 0 amide bonds. The van der Waals surface area contributed by atoms with Crippen molar-refractivity contribution < 1.29 is 4.74 Å². The number of rotatable bonds is 6. The second-order valence-corrected chi connectivity index (χ2v) is 10.6. The monoisotopic (exact) mass is 618 g/mol. The van der Waals surface area contributed by atoms with Crippen molar-refractivity contribution in [2.24, 2.45) is 5.10 Å². The second kappa shape index (κ2) is 10.5. The molecule has 5 rings (SSSR count). The maximum atomic E-state index is 13.1. The van der Waals surface area contributed by atoms with Crippen molar-refractivity contribution in [2.45, 2.75) is 27.4 Å². The lowest BCUT2D eigenvalue weighted by Gasteiger charge is -2.11. The zero-order chi connectivity index (χ0) is 26.1. The van der Waals surface area contributed by atoms with Gasteiger partial charge in [0.2, 0.25) is 0 Å². The average Bonchev–Trinajstić information content (AvgIpc) is 3.17. The van der Waals surface area contributed by atoms with Gasteiger partial charge in [0.1, 0.15) is 18.2 Å². The number of benzene rings is 3. The molecular weight excluding hydrogens is 596 g/mol. The Kier molecular flexibility index (Phi) is 7.13. The van der Waals surface area contributed by atoms with Crippen molar-refractivity contribution >= 4 is 49.0 Å². The Balaban J connectivity index is 1.38. The molecule has 0 N–H and O–H groups in total. The van der Waals surface area contributed by atoms with Gasteiger partial charge in [0, 0.05) is 31.6 Å². The standard InChI is InChI=1S/C29H24Br2N4O2/c1-18-14-22(16-32-35-20(3)33-28-13-8-24(31)15-27(28)29(35)36)19(2)34(18)25-9-11-26(12-10-25)37-17-21-4-6-23(30)7-5-21/h4-16H,17H2,1-3H3. The van der Waals surface area contributed by atoms with Crippen LogP contribution in [-0.4, -0.2) is 20.4 Å². The number of halogens is 2. The first-order valence-electron chi connectivity index (χ1n) is 11.7. The van der Waals surface area contributed by atoms with Crippen LogP contribution in [-0.2, 0) is 6.61 Å². The first kappa shape index (κ1) is 25.2. The van der Waals surface area contributed by atoms with E-state index in [1.807, 2.05) is 67.6 Å². The van der Waals surface area contributed by atoms with Crippen LogP contribution in [0.1, 0.15) is 28.3 Å². The summed E-state index contributed by atoms with van der Waals surface area (Å²) < 4.78 is 11.3. The predicted octanol–water partition coefficient (Wildman–Crippen LogP) is 7.10. The lowest BCUT2D eigenvalue weighted by Crippen LogP contribution is -2.20. The third kappa shape index (κ3) is 5.31. The molecule has 0 saturated carbocycles. The van der Waals surface area contributed by atoms with Crippen molar-refractivity contribution in [3.8, 4) is 11.4 Å². The molecular formula is C29H24Br2N4O2. The Labute approximate surface area is 231 Å². The largest absolute Gasteiger partial charge is 0.489 e. The maximum absolute atomic E-state index is 13.1. The summed E-state index contributed by atoms with van der Waals surface area (Å²) in [6, 6.07) is 23.6. The molecule has 0 saturated heterocycles. The fraction of sp³-hybridized carbons (Fsp3) is 0.138. The zero-order valence-electron chi connectivity index (χ0n) is 20.6. The first-order chi connectivity index (χ1) is 17.8. The summed E-state index contributed by atoms with van der Waals surface area (Å²) in [4.78, 5) is 17.6. The van der Waals surface area contributed by atoms with Gasteiger partial charge in [-0.25, -0.2) is 4.98 Å². The summed E-state index contributed by atoms with van der Waals surface area (Å²) in [6.07, 6.45) is 1.72. The van der Waals surface area contributed by atoms with Crippen LogP contribution in [0.3, 0.4) is 0 Å². The van der Waals surface area contributed by atoms with E-state index in [2.05, 4.69) is 59.5 Å². The lowest BCUT2D eigenvalue weighted by atomic mass is 10.2. The first-order valence-corrected chi connectivity index (χ1v) is 13.3. The van der Waals surface area contributed by atoms with Gasteiger partial charge >= 0.3 is 0 Å².